The molecular weight excluding hydrogens is 273 g/mol. The Kier molecular flexibility index (Phi) is 31.1. The summed E-state index contributed by atoms with van der Waals surface area (Å²) in [5.74, 6) is 0. The van der Waals surface area contributed by atoms with Crippen LogP contribution in [0.5, 0.6) is 0 Å². The summed E-state index contributed by atoms with van der Waals surface area (Å²) < 4.78 is 4.42. The molecule has 0 aromatic carbocycles. The van der Waals surface area contributed by atoms with Gasteiger partial charge in [-0.05, 0) is 6.42 Å². The van der Waals surface area contributed by atoms with E-state index in [0.29, 0.717) is 6.61 Å². The molecule has 0 saturated carbocycles. The van der Waals surface area contributed by atoms with Crippen LogP contribution in [0.15, 0.2) is 0 Å². The second-order valence-electron chi connectivity index (χ2n) is 5.05. The van der Waals surface area contributed by atoms with Crippen molar-refractivity contribution in [1.82, 2.24) is 0 Å². The quantitative estimate of drug-likeness (QED) is 0.246. The van der Waals surface area contributed by atoms with Gasteiger partial charge in [0.05, 0.1) is 7.32 Å². The van der Waals surface area contributed by atoms with E-state index in [4.69, 9.17) is 0 Å². The first-order valence-electron chi connectivity index (χ1n) is 7.70. The Bertz CT molecular complexity index is 163. The normalized spacial score (nSPS) is 9.75. The minimum absolute atomic E-state index is 0. The van der Waals surface area contributed by atoms with E-state index in [9.17, 15) is 10.0 Å². The first kappa shape index (κ1) is 26.8. The van der Waals surface area contributed by atoms with Crippen LogP contribution in [-0.2, 0) is 4.65 Å². The van der Waals surface area contributed by atoms with Gasteiger partial charge in [0, 0.05) is 6.61 Å². The molecule has 0 amide bonds. The third kappa shape index (κ3) is 24.9. The van der Waals surface area contributed by atoms with Crippen molar-refractivity contribution in [2.24, 2.45) is 0 Å². The predicted molar refractivity (Wildman–Crippen MR) is 72.8 cm³/mol. The van der Waals surface area contributed by atoms with Gasteiger partial charge in [-0.25, -0.2) is 0 Å². The largest absolute Gasteiger partial charge is 1.00 e. The molecule has 0 aliphatic carbocycles. The molecule has 3 nitrogen and oxygen atoms in total. The van der Waals surface area contributed by atoms with E-state index in [1.807, 2.05) is 0 Å². The first-order valence-corrected chi connectivity index (χ1v) is 7.70. The minimum atomic E-state index is -2.10. The second kappa shape index (κ2) is 23.2. The average molecular weight is 302 g/mol. The molecule has 0 radical (unpaired) electrons. The molecule has 0 bridgehead atoms. The molecule has 0 rings (SSSR count). The van der Waals surface area contributed by atoms with Crippen LogP contribution in [0.25, 0.3) is 0 Å². The van der Waals surface area contributed by atoms with E-state index in [2.05, 4.69) is 11.6 Å². The maximum atomic E-state index is 10.1. The van der Waals surface area contributed by atoms with Gasteiger partial charge in [-0.1, -0.05) is 77.6 Å². The molecule has 0 aromatic rings. The fourth-order valence-electron chi connectivity index (χ4n) is 2.12. The number of hydrogen-bond acceptors (Lipinski definition) is 3. The van der Waals surface area contributed by atoms with Crippen LogP contribution >= 0.6 is 0 Å². The molecule has 20 heavy (non-hydrogen) atoms. The van der Waals surface area contributed by atoms with Gasteiger partial charge in [-0.3, -0.25) is 0 Å². The Labute approximate surface area is 170 Å². The number of hydrogen-bond donors (Lipinski definition) is 0. The van der Waals surface area contributed by atoms with Crippen LogP contribution in [0, 0.1) is 0 Å². The van der Waals surface area contributed by atoms with Crippen molar-refractivity contribution in [2.45, 2.75) is 84.0 Å². The number of rotatable bonds is 14. The van der Waals surface area contributed by atoms with Gasteiger partial charge in [0.25, 0.3) is 0 Å². The van der Waals surface area contributed by atoms with Gasteiger partial charge in [0.2, 0.25) is 0 Å². The molecular formula is C14H29BNa2O3. The van der Waals surface area contributed by atoms with Gasteiger partial charge in [-0.2, -0.15) is 0 Å². The summed E-state index contributed by atoms with van der Waals surface area (Å²) in [6.07, 6.45) is 15.3. The summed E-state index contributed by atoms with van der Waals surface area (Å²) in [7, 11) is -2.10. The molecule has 0 atom stereocenters. The van der Waals surface area contributed by atoms with Gasteiger partial charge in [0.15, 0.2) is 0 Å². The maximum Gasteiger partial charge on any atom is 1.00 e. The third-order valence-corrected chi connectivity index (χ3v) is 3.25. The molecule has 0 aliphatic heterocycles. The first-order chi connectivity index (χ1) is 8.77. The van der Waals surface area contributed by atoms with E-state index >= 15 is 0 Å². The maximum absolute atomic E-state index is 10.1. The zero-order valence-corrected chi connectivity index (χ0v) is 18.0. The van der Waals surface area contributed by atoms with Gasteiger partial charge in [-0.15, -0.1) is 0 Å². The summed E-state index contributed by atoms with van der Waals surface area (Å²) in [5, 5.41) is 20.1. The molecule has 0 N–H and O–H groups in total. The summed E-state index contributed by atoms with van der Waals surface area (Å²) >= 11 is 0. The van der Waals surface area contributed by atoms with E-state index in [0.717, 1.165) is 12.8 Å². The Morgan fingerprint density at radius 1 is 0.650 bits per heavy atom. The van der Waals surface area contributed by atoms with Crippen molar-refractivity contribution < 1.29 is 73.8 Å². The topological polar surface area (TPSA) is 55.3 Å². The van der Waals surface area contributed by atoms with E-state index in [-0.39, 0.29) is 59.1 Å². The van der Waals surface area contributed by atoms with Crippen LogP contribution in [0.3, 0.4) is 0 Å². The van der Waals surface area contributed by atoms with Crippen LogP contribution < -0.4 is 69.2 Å². The zero-order valence-electron chi connectivity index (χ0n) is 14.0. The van der Waals surface area contributed by atoms with E-state index in [1.54, 1.807) is 0 Å². The Morgan fingerprint density at radius 2 is 1.00 bits per heavy atom. The smallest absolute Gasteiger partial charge is 0.871 e. The van der Waals surface area contributed by atoms with Crippen molar-refractivity contribution in [2.75, 3.05) is 6.61 Å². The molecule has 0 unspecified atom stereocenters. The van der Waals surface area contributed by atoms with Crippen molar-refractivity contribution in [3.8, 4) is 0 Å². The Balaban J connectivity index is -0.00000144. The van der Waals surface area contributed by atoms with E-state index in [1.165, 1.54) is 64.2 Å². The molecule has 108 valence electrons. The van der Waals surface area contributed by atoms with Gasteiger partial charge in [0.1, 0.15) is 0 Å². The van der Waals surface area contributed by atoms with Crippen molar-refractivity contribution in [1.29, 1.82) is 0 Å². The van der Waals surface area contributed by atoms with Crippen molar-refractivity contribution >= 4 is 7.32 Å². The van der Waals surface area contributed by atoms with Gasteiger partial charge >= 0.3 is 59.1 Å². The third-order valence-electron chi connectivity index (χ3n) is 3.25. The molecule has 6 heteroatoms. The van der Waals surface area contributed by atoms with Crippen LogP contribution in [-0.4, -0.2) is 13.9 Å². The van der Waals surface area contributed by atoms with Crippen LogP contribution in [0.1, 0.15) is 84.0 Å². The predicted octanol–water partition coefficient (Wildman–Crippen LogP) is -3.58. The minimum Gasteiger partial charge on any atom is -0.871 e. The monoisotopic (exact) mass is 302 g/mol. The summed E-state index contributed by atoms with van der Waals surface area (Å²) in [6.45, 7) is 2.58. The Morgan fingerprint density at radius 3 is 1.35 bits per heavy atom. The second-order valence-corrected chi connectivity index (χ2v) is 5.05. The molecule has 0 aliphatic rings. The fourth-order valence-corrected chi connectivity index (χ4v) is 2.12. The SMILES string of the molecule is CCCCCCCCCCCCCCOB([O-])[O-].[Na+].[Na+]. The van der Waals surface area contributed by atoms with Crippen molar-refractivity contribution in [3.05, 3.63) is 0 Å². The molecule has 0 saturated heterocycles. The summed E-state index contributed by atoms with van der Waals surface area (Å²) in [6, 6.07) is 0. The van der Waals surface area contributed by atoms with Gasteiger partial charge < -0.3 is 14.7 Å². The van der Waals surface area contributed by atoms with E-state index < -0.39 is 7.32 Å². The molecule has 0 aromatic heterocycles. The summed E-state index contributed by atoms with van der Waals surface area (Å²) in [4.78, 5) is 0. The standard InChI is InChI=1S/C14H29BO3.2Na/c1-2-3-4-5-6-7-8-9-10-11-12-13-14-18-15(16)17;;/h2-14H2,1H3;;/q-2;2*+1. The number of unbranched alkanes of at least 4 members (excludes halogenated alkanes) is 11. The summed E-state index contributed by atoms with van der Waals surface area (Å²) in [5.41, 5.74) is 0. The molecule has 0 fully saturated rings. The molecule has 0 heterocycles. The Hall–Kier alpha value is 1.94. The van der Waals surface area contributed by atoms with Crippen LogP contribution in [0.2, 0.25) is 0 Å². The zero-order chi connectivity index (χ0) is 13.5. The molecule has 0 spiro atoms. The van der Waals surface area contributed by atoms with Crippen LogP contribution in [0.4, 0.5) is 0 Å². The average Bonchev–Trinajstić information content (AvgIpc) is 2.34. The fraction of sp³-hybridized carbons (Fsp3) is 1.00. The van der Waals surface area contributed by atoms with Crippen molar-refractivity contribution in [3.63, 3.8) is 0 Å².